The zero-order valence-electron chi connectivity index (χ0n) is 11.6. The molecule has 0 radical (unpaired) electrons. The van der Waals surface area contributed by atoms with Crippen LogP contribution in [0.25, 0.3) is 0 Å². The first-order valence-electron chi connectivity index (χ1n) is 6.40. The summed E-state index contributed by atoms with van der Waals surface area (Å²) in [6.45, 7) is 6.85. The lowest BCUT2D eigenvalue weighted by Crippen LogP contribution is -2.11. The Labute approximate surface area is 118 Å². The van der Waals surface area contributed by atoms with E-state index in [1.165, 1.54) is 6.07 Å². The van der Waals surface area contributed by atoms with Gasteiger partial charge in [-0.2, -0.15) is 0 Å². The van der Waals surface area contributed by atoms with Crippen molar-refractivity contribution in [3.8, 4) is 5.75 Å². The smallest absolute Gasteiger partial charge is 0.310 e. The maximum Gasteiger partial charge on any atom is 0.310 e. The summed E-state index contributed by atoms with van der Waals surface area (Å²) >= 11 is 5.74. The van der Waals surface area contributed by atoms with E-state index in [9.17, 15) is 10.1 Å². The van der Waals surface area contributed by atoms with Crippen molar-refractivity contribution >= 4 is 17.3 Å². The third-order valence-electron chi connectivity index (χ3n) is 2.77. The van der Waals surface area contributed by atoms with Crippen LogP contribution in [0, 0.1) is 22.0 Å². The van der Waals surface area contributed by atoms with Crippen molar-refractivity contribution in [3.63, 3.8) is 0 Å². The number of ether oxygens (including phenoxy) is 1. The monoisotopic (exact) mass is 285 g/mol. The molecule has 106 valence electrons. The van der Waals surface area contributed by atoms with Gasteiger partial charge < -0.3 is 4.74 Å². The number of nitro benzene ring substituents is 1. The van der Waals surface area contributed by atoms with E-state index in [4.69, 9.17) is 16.3 Å². The Balaban J connectivity index is 2.77. The van der Waals surface area contributed by atoms with Gasteiger partial charge in [0.1, 0.15) is 0 Å². The first kappa shape index (κ1) is 15.8. The van der Waals surface area contributed by atoms with E-state index >= 15 is 0 Å². The van der Waals surface area contributed by atoms with Gasteiger partial charge in [-0.15, -0.1) is 11.6 Å². The summed E-state index contributed by atoms with van der Waals surface area (Å²) in [6, 6.07) is 4.74. The highest BCUT2D eigenvalue weighted by Crippen LogP contribution is 2.29. The van der Waals surface area contributed by atoms with Crippen molar-refractivity contribution < 1.29 is 9.66 Å². The summed E-state index contributed by atoms with van der Waals surface area (Å²) in [5.74, 6) is 1.57. The minimum absolute atomic E-state index is 0.00869. The van der Waals surface area contributed by atoms with Crippen LogP contribution in [0.1, 0.15) is 32.8 Å². The van der Waals surface area contributed by atoms with Crippen LogP contribution in [0.4, 0.5) is 5.69 Å². The first-order valence-corrected chi connectivity index (χ1v) is 6.93. The molecular weight excluding hydrogens is 266 g/mol. The quantitative estimate of drug-likeness (QED) is 0.424. The molecule has 0 aliphatic heterocycles. The van der Waals surface area contributed by atoms with Gasteiger partial charge >= 0.3 is 5.69 Å². The van der Waals surface area contributed by atoms with Crippen LogP contribution in [0.2, 0.25) is 0 Å². The van der Waals surface area contributed by atoms with Gasteiger partial charge in [0.05, 0.1) is 11.5 Å². The number of benzene rings is 1. The second kappa shape index (κ2) is 7.34. The fraction of sp³-hybridized carbons (Fsp3) is 0.571. The van der Waals surface area contributed by atoms with Gasteiger partial charge in [-0.3, -0.25) is 10.1 Å². The zero-order valence-corrected chi connectivity index (χ0v) is 12.3. The summed E-state index contributed by atoms with van der Waals surface area (Å²) in [7, 11) is 0. The molecule has 1 unspecified atom stereocenters. The summed E-state index contributed by atoms with van der Waals surface area (Å²) in [5, 5.41) is 10.9. The highest BCUT2D eigenvalue weighted by molar-refractivity contribution is 6.17. The van der Waals surface area contributed by atoms with Crippen molar-refractivity contribution in [1.29, 1.82) is 0 Å². The Hall–Kier alpha value is -1.29. The fourth-order valence-corrected chi connectivity index (χ4v) is 2.18. The number of nitrogens with zero attached hydrogens (tertiary/aromatic N) is 1. The lowest BCUT2D eigenvalue weighted by Gasteiger charge is -2.15. The molecule has 4 nitrogen and oxygen atoms in total. The van der Waals surface area contributed by atoms with E-state index in [0.717, 1.165) is 12.0 Å². The molecule has 0 aliphatic rings. The molecule has 1 rings (SSSR count). The third-order valence-corrected chi connectivity index (χ3v) is 3.08. The van der Waals surface area contributed by atoms with Crippen molar-refractivity contribution in [2.24, 2.45) is 11.8 Å². The lowest BCUT2D eigenvalue weighted by molar-refractivity contribution is -0.385. The van der Waals surface area contributed by atoms with E-state index in [-0.39, 0.29) is 5.69 Å². The molecule has 0 bridgehead atoms. The predicted octanol–water partition coefficient (Wildman–Crippen LogP) is 4.39. The lowest BCUT2D eigenvalue weighted by atomic mass is 10.00. The second-order valence-corrected chi connectivity index (χ2v) is 5.51. The fourth-order valence-electron chi connectivity index (χ4n) is 2.01. The van der Waals surface area contributed by atoms with Gasteiger partial charge in [-0.25, -0.2) is 0 Å². The Morgan fingerprint density at radius 2 is 2.05 bits per heavy atom. The predicted molar refractivity (Wildman–Crippen MR) is 76.8 cm³/mol. The maximum atomic E-state index is 10.9. The van der Waals surface area contributed by atoms with Gasteiger partial charge in [-0.05, 0) is 29.9 Å². The number of hydrogen-bond donors (Lipinski definition) is 0. The number of nitro groups is 1. The first-order chi connectivity index (χ1) is 8.93. The van der Waals surface area contributed by atoms with Gasteiger partial charge in [0.2, 0.25) is 0 Å². The Kier molecular flexibility index (Phi) is 6.09. The highest BCUT2D eigenvalue weighted by atomic mass is 35.5. The topological polar surface area (TPSA) is 52.4 Å². The van der Waals surface area contributed by atoms with Crippen molar-refractivity contribution in [1.82, 2.24) is 0 Å². The van der Waals surface area contributed by atoms with Crippen LogP contribution >= 0.6 is 11.6 Å². The summed E-state index contributed by atoms with van der Waals surface area (Å²) < 4.78 is 5.60. The molecule has 1 aromatic carbocycles. The van der Waals surface area contributed by atoms with Gasteiger partial charge in [0.15, 0.2) is 5.75 Å². The molecule has 0 fully saturated rings. The molecule has 0 saturated heterocycles. The van der Waals surface area contributed by atoms with E-state index < -0.39 is 4.92 Å². The maximum absolute atomic E-state index is 10.9. The number of rotatable bonds is 7. The van der Waals surface area contributed by atoms with Crippen LogP contribution in [0.15, 0.2) is 18.2 Å². The molecule has 5 heteroatoms. The van der Waals surface area contributed by atoms with Crippen molar-refractivity contribution in [2.75, 3.05) is 6.61 Å². The van der Waals surface area contributed by atoms with Crippen LogP contribution < -0.4 is 4.74 Å². The van der Waals surface area contributed by atoms with E-state index in [1.807, 2.05) is 0 Å². The minimum atomic E-state index is -0.430. The molecule has 0 amide bonds. The standard InChI is InChI=1S/C14H20ClNO3/c1-10(2)6-11(3)9-19-14-7-12(8-15)4-5-13(14)16(17)18/h4-5,7,10-11H,6,8-9H2,1-3H3. The Morgan fingerprint density at radius 1 is 1.37 bits per heavy atom. The summed E-state index contributed by atoms with van der Waals surface area (Å²) in [4.78, 5) is 10.5. The van der Waals surface area contributed by atoms with Gasteiger partial charge in [0.25, 0.3) is 0 Å². The Morgan fingerprint density at radius 3 is 2.58 bits per heavy atom. The van der Waals surface area contributed by atoms with Gasteiger partial charge in [0, 0.05) is 11.9 Å². The Bertz CT molecular complexity index is 435. The zero-order chi connectivity index (χ0) is 14.4. The summed E-state index contributed by atoms with van der Waals surface area (Å²) in [6.07, 6.45) is 1.03. The molecule has 0 heterocycles. The molecule has 0 aromatic heterocycles. The van der Waals surface area contributed by atoms with E-state index in [1.54, 1.807) is 12.1 Å². The number of hydrogen-bond acceptors (Lipinski definition) is 3. The molecule has 19 heavy (non-hydrogen) atoms. The van der Waals surface area contributed by atoms with E-state index in [2.05, 4.69) is 20.8 Å². The SMILES string of the molecule is CC(C)CC(C)COc1cc(CCl)ccc1[N+](=O)[O-]. The normalized spacial score (nSPS) is 12.5. The van der Waals surface area contributed by atoms with Crippen molar-refractivity contribution in [3.05, 3.63) is 33.9 Å². The molecule has 1 atom stereocenters. The van der Waals surface area contributed by atoms with Crippen LogP contribution in [-0.2, 0) is 5.88 Å². The molecule has 0 spiro atoms. The van der Waals surface area contributed by atoms with Crippen LogP contribution in [0.5, 0.6) is 5.75 Å². The van der Waals surface area contributed by atoms with Crippen molar-refractivity contribution in [2.45, 2.75) is 33.1 Å². The average Bonchev–Trinajstić information content (AvgIpc) is 2.34. The second-order valence-electron chi connectivity index (χ2n) is 5.24. The molecule has 1 aromatic rings. The molecule has 0 N–H and O–H groups in total. The molecule has 0 saturated carbocycles. The number of halogens is 1. The summed E-state index contributed by atoms with van der Waals surface area (Å²) in [5.41, 5.74) is 0.810. The van der Waals surface area contributed by atoms with Crippen LogP contribution in [-0.4, -0.2) is 11.5 Å². The largest absolute Gasteiger partial charge is 0.487 e. The van der Waals surface area contributed by atoms with Gasteiger partial charge in [-0.1, -0.05) is 26.8 Å². The third kappa shape index (κ3) is 5.07. The number of alkyl halides is 1. The molecule has 0 aliphatic carbocycles. The van der Waals surface area contributed by atoms with Crippen LogP contribution in [0.3, 0.4) is 0 Å². The highest BCUT2D eigenvalue weighted by Gasteiger charge is 2.16. The molecular formula is C14H20ClNO3. The van der Waals surface area contributed by atoms with E-state index in [0.29, 0.717) is 30.1 Å². The minimum Gasteiger partial charge on any atom is -0.487 e. The average molecular weight is 286 g/mol.